The average Bonchev–Trinajstić information content (AvgIpc) is 2.56. The molecule has 2 aromatic carbocycles. The van der Waals surface area contributed by atoms with E-state index < -0.39 is 6.61 Å². The van der Waals surface area contributed by atoms with Crippen molar-refractivity contribution in [3.05, 3.63) is 59.7 Å². The zero-order valence-corrected chi connectivity index (χ0v) is 13.8. The smallest absolute Gasteiger partial charge is 0.387 e. The van der Waals surface area contributed by atoms with Gasteiger partial charge < -0.3 is 15.0 Å². The number of amides is 2. The Hall–Kier alpha value is -2.96. The van der Waals surface area contributed by atoms with E-state index in [1.165, 1.54) is 24.0 Å². The SMILES string of the molecule is CC(=O)c1ccc(NC(=O)N(C)Cc2ccc(OC(F)F)cc2)cc1. The van der Waals surface area contributed by atoms with Crippen LogP contribution in [-0.4, -0.2) is 30.4 Å². The van der Waals surface area contributed by atoms with Gasteiger partial charge in [-0.25, -0.2) is 4.79 Å². The zero-order chi connectivity index (χ0) is 18.4. The average molecular weight is 348 g/mol. The molecule has 2 amide bonds. The summed E-state index contributed by atoms with van der Waals surface area (Å²) >= 11 is 0. The Balaban J connectivity index is 1.92. The second-order valence-electron chi connectivity index (χ2n) is 5.44. The van der Waals surface area contributed by atoms with Crippen LogP contribution in [0.5, 0.6) is 5.75 Å². The molecule has 1 N–H and O–H groups in total. The monoisotopic (exact) mass is 348 g/mol. The first-order valence-electron chi connectivity index (χ1n) is 7.52. The highest BCUT2D eigenvalue weighted by atomic mass is 19.3. The van der Waals surface area contributed by atoms with Gasteiger partial charge in [0, 0.05) is 24.8 Å². The van der Waals surface area contributed by atoms with E-state index in [2.05, 4.69) is 10.1 Å². The van der Waals surface area contributed by atoms with Crippen LogP contribution in [0.1, 0.15) is 22.8 Å². The number of nitrogens with one attached hydrogen (secondary N) is 1. The lowest BCUT2D eigenvalue weighted by molar-refractivity contribution is -0.0498. The first-order chi connectivity index (χ1) is 11.8. The fourth-order valence-corrected chi connectivity index (χ4v) is 2.13. The maximum Gasteiger partial charge on any atom is 0.387 e. The van der Waals surface area contributed by atoms with Crippen molar-refractivity contribution in [2.75, 3.05) is 12.4 Å². The van der Waals surface area contributed by atoms with E-state index in [-0.39, 0.29) is 17.6 Å². The van der Waals surface area contributed by atoms with Gasteiger partial charge in [0.25, 0.3) is 0 Å². The van der Waals surface area contributed by atoms with E-state index in [0.29, 0.717) is 17.8 Å². The van der Waals surface area contributed by atoms with Crippen molar-refractivity contribution in [3.8, 4) is 5.75 Å². The molecule has 25 heavy (non-hydrogen) atoms. The van der Waals surface area contributed by atoms with Gasteiger partial charge in [-0.3, -0.25) is 4.79 Å². The Bertz CT molecular complexity index is 731. The first kappa shape index (κ1) is 18.4. The number of hydrogen-bond acceptors (Lipinski definition) is 3. The summed E-state index contributed by atoms with van der Waals surface area (Å²) in [7, 11) is 1.61. The number of anilines is 1. The highest BCUT2D eigenvalue weighted by Crippen LogP contribution is 2.16. The molecule has 0 spiro atoms. The fraction of sp³-hybridized carbons (Fsp3) is 0.222. The van der Waals surface area contributed by atoms with Crippen LogP contribution < -0.4 is 10.1 Å². The quantitative estimate of drug-likeness (QED) is 0.798. The number of hydrogen-bond donors (Lipinski definition) is 1. The van der Waals surface area contributed by atoms with Gasteiger partial charge in [-0.1, -0.05) is 12.1 Å². The van der Waals surface area contributed by atoms with Gasteiger partial charge in [0.05, 0.1) is 0 Å². The molecule has 0 fully saturated rings. The fourth-order valence-electron chi connectivity index (χ4n) is 2.13. The number of carbonyl (C=O) groups is 2. The van der Waals surface area contributed by atoms with E-state index in [9.17, 15) is 18.4 Å². The minimum atomic E-state index is -2.87. The summed E-state index contributed by atoms with van der Waals surface area (Å²) in [4.78, 5) is 24.8. The van der Waals surface area contributed by atoms with Crippen molar-refractivity contribution in [1.82, 2.24) is 4.90 Å². The van der Waals surface area contributed by atoms with E-state index in [4.69, 9.17) is 0 Å². The van der Waals surface area contributed by atoms with Gasteiger partial charge in [-0.2, -0.15) is 8.78 Å². The molecular formula is C18H18F2N2O3. The lowest BCUT2D eigenvalue weighted by Crippen LogP contribution is -2.30. The van der Waals surface area contributed by atoms with Crippen molar-refractivity contribution in [2.24, 2.45) is 0 Å². The van der Waals surface area contributed by atoms with Crippen LogP contribution in [0.3, 0.4) is 0 Å². The van der Waals surface area contributed by atoms with E-state index in [0.717, 1.165) is 5.56 Å². The Labute approximate surface area is 144 Å². The highest BCUT2D eigenvalue weighted by molar-refractivity contribution is 5.95. The number of ether oxygens (including phenoxy) is 1. The lowest BCUT2D eigenvalue weighted by Gasteiger charge is -2.18. The largest absolute Gasteiger partial charge is 0.435 e. The van der Waals surface area contributed by atoms with E-state index in [1.807, 2.05) is 0 Å². The molecule has 0 atom stereocenters. The second kappa shape index (κ2) is 8.23. The number of nitrogens with zero attached hydrogens (tertiary/aromatic N) is 1. The summed E-state index contributed by atoms with van der Waals surface area (Å²) in [6.45, 7) is -1.10. The Kier molecular flexibility index (Phi) is 6.05. The third-order valence-electron chi connectivity index (χ3n) is 3.46. The van der Waals surface area contributed by atoms with Gasteiger partial charge in [0.15, 0.2) is 5.78 Å². The normalized spacial score (nSPS) is 10.4. The summed E-state index contributed by atoms with van der Waals surface area (Å²) < 4.78 is 28.5. The van der Waals surface area contributed by atoms with Crippen LogP contribution in [0.15, 0.2) is 48.5 Å². The summed E-state index contributed by atoms with van der Waals surface area (Å²) in [5.41, 5.74) is 1.91. The second-order valence-corrected chi connectivity index (χ2v) is 5.44. The molecule has 2 aromatic rings. The van der Waals surface area contributed by atoms with Gasteiger partial charge in [-0.05, 0) is 48.9 Å². The van der Waals surface area contributed by atoms with Crippen molar-refractivity contribution in [2.45, 2.75) is 20.1 Å². The zero-order valence-electron chi connectivity index (χ0n) is 13.8. The molecule has 0 unspecified atom stereocenters. The maximum atomic E-state index is 12.2. The molecule has 0 aliphatic heterocycles. The molecule has 0 radical (unpaired) electrons. The lowest BCUT2D eigenvalue weighted by atomic mass is 10.1. The summed E-state index contributed by atoms with van der Waals surface area (Å²) in [6, 6.07) is 12.3. The number of rotatable bonds is 6. The third-order valence-corrected chi connectivity index (χ3v) is 3.46. The summed E-state index contributed by atoms with van der Waals surface area (Å²) in [6.07, 6.45) is 0. The van der Waals surface area contributed by atoms with Gasteiger partial charge >= 0.3 is 12.6 Å². The van der Waals surface area contributed by atoms with Crippen molar-refractivity contribution in [1.29, 1.82) is 0 Å². The third kappa shape index (κ3) is 5.56. The molecule has 0 saturated heterocycles. The number of benzene rings is 2. The topological polar surface area (TPSA) is 58.6 Å². The number of carbonyl (C=O) groups excluding carboxylic acids is 2. The number of halogens is 2. The van der Waals surface area contributed by atoms with Crippen LogP contribution in [-0.2, 0) is 6.54 Å². The van der Waals surface area contributed by atoms with Crippen LogP contribution in [0.2, 0.25) is 0 Å². The van der Waals surface area contributed by atoms with E-state index in [1.54, 1.807) is 43.4 Å². The van der Waals surface area contributed by atoms with Crippen LogP contribution in [0.4, 0.5) is 19.3 Å². The van der Waals surface area contributed by atoms with Gasteiger partial charge in [-0.15, -0.1) is 0 Å². The predicted octanol–water partition coefficient (Wildman–Crippen LogP) is 4.15. The molecule has 132 valence electrons. The molecule has 0 heterocycles. The molecule has 0 saturated carbocycles. The maximum absolute atomic E-state index is 12.2. The van der Waals surface area contributed by atoms with Crippen LogP contribution >= 0.6 is 0 Å². The molecule has 7 heteroatoms. The summed E-state index contributed by atoms with van der Waals surface area (Å²) in [5.74, 6) is 0.0191. The van der Waals surface area contributed by atoms with Crippen molar-refractivity contribution < 1.29 is 23.1 Å². The van der Waals surface area contributed by atoms with Crippen molar-refractivity contribution in [3.63, 3.8) is 0 Å². The van der Waals surface area contributed by atoms with E-state index >= 15 is 0 Å². The number of Topliss-reactive ketones (excluding diaryl/α,β-unsaturated/α-hetero) is 1. The number of alkyl halides is 2. The molecule has 0 aliphatic rings. The van der Waals surface area contributed by atoms with Crippen molar-refractivity contribution >= 4 is 17.5 Å². The Morgan fingerprint density at radius 3 is 2.20 bits per heavy atom. The minimum Gasteiger partial charge on any atom is -0.435 e. The van der Waals surface area contributed by atoms with Crippen LogP contribution in [0, 0.1) is 0 Å². The molecule has 0 aromatic heterocycles. The van der Waals surface area contributed by atoms with Gasteiger partial charge in [0.2, 0.25) is 0 Å². The Morgan fingerprint density at radius 1 is 1.08 bits per heavy atom. The first-order valence-corrected chi connectivity index (χ1v) is 7.52. The molecule has 0 bridgehead atoms. The number of ketones is 1. The molecular weight excluding hydrogens is 330 g/mol. The van der Waals surface area contributed by atoms with Crippen LogP contribution in [0.25, 0.3) is 0 Å². The predicted molar refractivity (Wildman–Crippen MR) is 90.0 cm³/mol. The van der Waals surface area contributed by atoms with Gasteiger partial charge in [0.1, 0.15) is 5.75 Å². The number of urea groups is 1. The molecule has 0 aliphatic carbocycles. The highest BCUT2D eigenvalue weighted by Gasteiger charge is 2.10. The molecule has 5 nitrogen and oxygen atoms in total. The minimum absolute atomic E-state index is 0.0470. The Morgan fingerprint density at radius 2 is 1.68 bits per heavy atom. The summed E-state index contributed by atoms with van der Waals surface area (Å²) in [5, 5.41) is 2.72. The standard InChI is InChI=1S/C18H18F2N2O3/c1-12(23)14-5-7-15(8-6-14)21-18(24)22(2)11-13-3-9-16(10-4-13)25-17(19)20/h3-10,17H,11H2,1-2H3,(H,21,24). The molecule has 2 rings (SSSR count).